The summed E-state index contributed by atoms with van der Waals surface area (Å²) in [5, 5.41) is 2.92. The summed E-state index contributed by atoms with van der Waals surface area (Å²) in [6, 6.07) is 10.4. The van der Waals surface area contributed by atoms with Gasteiger partial charge < -0.3 is 5.32 Å². The van der Waals surface area contributed by atoms with Crippen LogP contribution in [-0.2, 0) is 11.2 Å². The molecule has 0 aliphatic carbocycles. The number of rotatable bonds is 3. The number of hydrogen-bond donors (Lipinski definition) is 1. The van der Waals surface area contributed by atoms with Gasteiger partial charge in [0.1, 0.15) is 0 Å². The number of amides is 1. The van der Waals surface area contributed by atoms with Crippen molar-refractivity contribution in [2.45, 2.75) is 25.8 Å². The third-order valence-corrected chi connectivity index (χ3v) is 3.42. The highest BCUT2D eigenvalue weighted by Crippen LogP contribution is 2.17. The molecule has 1 aliphatic rings. The third-order valence-electron chi connectivity index (χ3n) is 3.42. The zero-order valence-electron chi connectivity index (χ0n) is 10.6. The van der Waals surface area contributed by atoms with E-state index in [1.165, 1.54) is 5.56 Å². The van der Waals surface area contributed by atoms with Crippen LogP contribution in [0.3, 0.4) is 0 Å². The van der Waals surface area contributed by atoms with Gasteiger partial charge in [0.15, 0.2) is 0 Å². The standard InChI is InChI=1S/C14H20N2O/c1-14(2)11-15-13(17)10-16(14)9-8-12-6-4-3-5-7-12/h3-7H,8-11H2,1-2H3,(H,15,17). The molecule has 2 rings (SSSR count). The van der Waals surface area contributed by atoms with E-state index in [2.05, 4.69) is 48.3 Å². The van der Waals surface area contributed by atoms with Crippen LogP contribution in [0.25, 0.3) is 0 Å². The molecule has 1 aromatic carbocycles. The van der Waals surface area contributed by atoms with Crippen LogP contribution in [0.5, 0.6) is 0 Å². The number of hydrogen-bond acceptors (Lipinski definition) is 2. The van der Waals surface area contributed by atoms with Crippen molar-refractivity contribution in [2.75, 3.05) is 19.6 Å². The molecular formula is C14H20N2O. The highest BCUT2D eigenvalue weighted by Gasteiger charge is 2.32. The van der Waals surface area contributed by atoms with Crippen molar-refractivity contribution in [1.82, 2.24) is 10.2 Å². The molecule has 3 heteroatoms. The van der Waals surface area contributed by atoms with E-state index in [0.717, 1.165) is 19.5 Å². The second-order valence-electron chi connectivity index (χ2n) is 5.25. The van der Waals surface area contributed by atoms with Crippen LogP contribution in [0, 0.1) is 0 Å². The number of carbonyl (C=O) groups excluding carboxylic acids is 1. The maximum absolute atomic E-state index is 11.4. The molecule has 92 valence electrons. The molecule has 1 aromatic rings. The molecule has 0 aromatic heterocycles. The second kappa shape index (κ2) is 4.88. The third kappa shape index (κ3) is 3.07. The van der Waals surface area contributed by atoms with E-state index in [4.69, 9.17) is 0 Å². The number of nitrogens with zero attached hydrogens (tertiary/aromatic N) is 1. The van der Waals surface area contributed by atoms with Gasteiger partial charge in [0.05, 0.1) is 6.54 Å². The van der Waals surface area contributed by atoms with Crippen molar-refractivity contribution in [3.05, 3.63) is 35.9 Å². The topological polar surface area (TPSA) is 32.3 Å². The molecule has 1 fully saturated rings. The zero-order chi connectivity index (χ0) is 12.3. The highest BCUT2D eigenvalue weighted by molar-refractivity contribution is 5.79. The monoisotopic (exact) mass is 232 g/mol. The lowest BCUT2D eigenvalue weighted by Crippen LogP contribution is -2.60. The first-order valence-corrected chi connectivity index (χ1v) is 6.14. The molecule has 1 heterocycles. The Balaban J connectivity index is 1.95. The first-order chi connectivity index (χ1) is 8.08. The summed E-state index contributed by atoms with van der Waals surface area (Å²) in [5.41, 5.74) is 1.39. The number of nitrogens with one attached hydrogen (secondary N) is 1. The normalized spacial score (nSPS) is 20.0. The number of benzene rings is 1. The Morgan fingerprint density at radius 1 is 1.29 bits per heavy atom. The average molecular weight is 232 g/mol. The largest absolute Gasteiger partial charge is 0.353 e. The average Bonchev–Trinajstić information content (AvgIpc) is 2.32. The maximum Gasteiger partial charge on any atom is 0.234 e. The van der Waals surface area contributed by atoms with Crippen LogP contribution in [-0.4, -0.2) is 36.0 Å². The van der Waals surface area contributed by atoms with Crippen LogP contribution in [0.2, 0.25) is 0 Å². The van der Waals surface area contributed by atoms with Crippen molar-refractivity contribution in [2.24, 2.45) is 0 Å². The molecule has 0 unspecified atom stereocenters. The lowest BCUT2D eigenvalue weighted by Gasteiger charge is -2.42. The Morgan fingerprint density at radius 2 is 2.00 bits per heavy atom. The van der Waals surface area contributed by atoms with Gasteiger partial charge in [-0.2, -0.15) is 0 Å². The number of carbonyl (C=O) groups is 1. The summed E-state index contributed by atoms with van der Waals surface area (Å²) in [7, 11) is 0. The van der Waals surface area contributed by atoms with Crippen molar-refractivity contribution in [3.8, 4) is 0 Å². The van der Waals surface area contributed by atoms with Gasteiger partial charge in [0.25, 0.3) is 0 Å². The van der Waals surface area contributed by atoms with E-state index in [0.29, 0.717) is 6.54 Å². The van der Waals surface area contributed by atoms with Crippen molar-refractivity contribution < 1.29 is 4.79 Å². The van der Waals surface area contributed by atoms with Gasteiger partial charge in [-0.3, -0.25) is 9.69 Å². The van der Waals surface area contributed by atoms with E-state index < -0.39 is 0 Å². The van der Waals surface area contributed by atoms with Gasteiger partial charge in [-0.25, -0.2) is 0 Å². The Kier molecular flexibility index (Phi) is 3.48. The lowest BCUT2D eigenvalue weighted by atomic mass is 9.99. The summed E-state index contributed by atoms with van der Waals surface area (Å²) in [6.07, 6.45) is 0.998. The second-order valence-corrected chi connectivity index (χ2v) is 5.25. The lowest BCUT2D eigenvalue weighted by molar-refractivity contribution is -0.127. The first-order valence-electron chi connectivity index (χ1n) is 6.14. The Labute approximate surface area is 103 Å². The fourth-order valence-corrected chi connectivity index (χ4v) is 2.16. The molecular weight excluding hydrogens is 212 g/mol. The molecule has 0 radical (unpaired) electrons. The molecule has 0 bridgehead atoms. The maximum atomic E-state index is 11.4. The van der Waals surface area contributed by atoms with E-state index in [-0.39, 0.29) is 11.4 Å². The molecule has 0 atom stereocenters. The van der Waals surface area contributed by atoms with Gasteiger partial charge in [-0.1, -0.05) is 30.3 Å². The van der Waals surface area contributed by atoms with E-state index >= 15 is 0 Å². The van der Waals surface area contributed by atoms with Crippen LogP contribution >= 0.6 is 0 Å². The molecule has 0 saturated carbocycles. The van der Waals surface area contributed by atoms with Crippen LogP contribution in [0.15, 0.2) is 30.3 Å². The van der Waals surface area contributed by atoms with Crippen molar-refractivity contribution in [1.29, 1.82) is 0 Å². The quantitative estimate of drug-likeness (QED) is 0.855. The fraction of sp³-hybridized carbons (Fsp3) is 0.500. The van der Waals surface area contributed by atoms with Crippen LogP contribution in [0.4, 0.5) is 0 Å². The zero-order valence-corrected chi connectivity index (χ0v) is 10.6. The molecule has 1 aliphatic heterocycles. The summed E-state index contributed by atoms with van der Waals surface area (Å²) < 4.78 is 0. The Hall–Kier alpha value is -1.35. The first kappa shape index (κ1) is 12.1. The summed E-state index contributed by atoms with van der Waals surface area (Å²) >= 11 is 0. The van der Waals surface area contributed by atoms with E-state index in [9.17, 15) is 4.79 Å². The van der Waals surface area contributed by atoms with E-state index in [1.54, 1.807) is 0 Å². The molecule has 17 heavy (non-hydrogen) atoms. The molecule has 0 spiro atoms. The van der Waals surface area contributed by atoms with Crippen LogP contribution < -0.4 is 5.32 Å². The number of piperazine rings is 1. The van der Waals surface area contributed by atoms with Crippen LogP contribution in [0.1, 0.15) is 19.4 Å². The predicted octanol–water partition coefficient (Wildman–Crippen LogP) is 1.44. The van der Waals surface area contributed by atoms with Gasteiger partial charge in [-0.15, -0.1) is 0 Å². The smallest absolute Gasteiger partial charge is 0.234 e. The predicted molar refractivity (Wildman–Crippen MR) is 68.8 cm³/mol. The Morgan fingerprint density at radius 3 is 2.71 bits per heavy atom. The van der Waals surface area contributed by atoms with Gasteiger partial charge >= 0.3 is 0 Å². The van der Waals surface area contributed by atoms with E-state index in [1.807, 2.05) is 6.07 Å². The van der Waals surface area contributed by atoms with Gasteiger partial charge in [-0.05, 0) is 25.8 Å². The van der Waals surface area contributed by atoms with Gasteiger partial charge in [0.2, 0.25) is 5.91 Å². The van der Waals surface area contributed by atoms with Crippen molar-refractivity contribution >= 4 is 5.91 Å². The van der Waals surface area contributed by atoms with Crippen molar-refractivity contribution in [3.63, 3.8) is 0 Å². The summed E-state index contributed by atoms with van der Waals surface area (Å²) in [5.74, 6) is 0.136. The SMILES string of the molecule is CC1(C)CNC(=O)CN1CCc1ccccc1. The molecule has 1 amide bonds. The highest BCUT2D eigenvalue weighted by atomic mass is 16.2. The minimum atomic E-state index is 0.0582. The molecule has 1 N–H and O–H groups in total. The Bertz CT molecular complexity index is 386. The summed E-state index contributed by atoms with van der Waals surface area (Å²) in [6.45, 7) is 6.54. The minimum absolute atomic E-state index is 0.0582. The summed E-state index contributed by atoms with van der Waals surface area (Å²) in [4.78, 5) is 13.7. The molecule has 3 nitrogen and oxygen atoms in total. The minimum Gasteiger partial charge on any atom is -0.353 e. The fourth-order valence-electron chi connectivity index (χ4n) is 2.16. The van der Waals surface area contributed by atoms with Gasteiger partial charge in [0, 0.05) is 18.6 Å². The molecule has 1 saturated heterocycles.